The van der Waals surface area contributed by atoms with Crippen LogP contribution in [0.2, 0.25) is 0 Å². The van der Waals surface area contributed by atoms with Crippen molar-refractivity contribution in [2.75, 3.05) is 39.5 Å². The summed E-state index contributed by atoms with van der Waals surface area (Å²) in [6.45, 7) is 1.70. The van der Waals surface area contributed by atoms with Crippen molar-refractivity contribution >= 4 is 31.5 Å². The summed E-state index contributed by atoms with van der Waals surface area (Å²) < 4.78 is 7.14. The standard InChI is InChI=1S/C19H21NO5S/c21-10-7-20(8-11-22)9-12-25-15-6-5-14(23)19-17(15)18(24)13-3-1-2-4-16(13)26-19/h1-6,21-23H,7-12H2. The second-order valence-corrected chi connectivity index (χ2v) is 6.90. The first-order chi connectivity index (χ1) is 12.7. The van der Waals surface area contributed by atoms with E-state index in [4.69, 9.17) is 14.9 Å². The Morgan fingerprint density at radius 1 is 1.00 bits per heavy atom. The number of aliphatic hydroxyl groups is 2. The van der Waals surface area contributed by atoms with Crippen molar-refractivity contribution in [3.63, 3.8) is 0 Å². The highest BCUT2D eigenvalue weighted by atomic mass is 32.1. The summed E-state index contributed by atoms with van der Waals surface area (Å²) >= 11 is 1.36. The van der Waals surface area contributed by atoms with Gasteiger partial charge in [-0.2, -0.15) is 0 Å². The van der Waals surface area contributed by atoms with Gasteiger partial charge in [-0.05, 0) is 24.3 Å². The molecule has 0 atom stereocenters. The zero-order valence-corrected chi connectivity index (χ0v) is 15.0. The SMILES string of the molecule is O=c1c2ccccc2sc2c(O)ccc(OCCN(CCO)CCO)c12. The van der Waals surface area contributed by atoms with Gasteiger partial charge in [0.15, 0.2) is 5.43 Å². The Kier molecular flexibility index (Phi) is 6.05. The zero-order valence-electron chi connectivity index (χ0n) is 14.2. The van der Waals surface area contributed by atoms with Crippen LogP contribution in [0.3, 0.4) is 0 Å². The Bertz CT molecular complexity index is 950. The zero-order chi connectivity index (χ0) is 18.5. The molecule has 3 rings (SSSR count). The topological polar surface area (TPSA) is 90.2 Å². The van der Waals surface area contributed by atoms with Gasteiger partial charge in [0.1, 0.15) is 18.1 Å². The number of benzene rings is 2. The van der Waals surface area contributed by atoms with Crippen LogP contribution in [0.1, 0.15) is 0 Å². The first-order valence-corrected chi connectivity index (χ1v) is 9.21. The third-order valence-corrected chi connectivity index (χ3v) is 5.36. The minimum Gasteiger partial charge on any atom is -0.506 e. The molecule has 0 amide bonds. The van der Waals surface area contributed by atoms with Crippen LogP contribution in [0.5, 0.6) is 11.5 Å². The quantitative estimate of drug-likeness (QED) is 0.520. The number of aliphatic hydroxyl groups excluding tert-OH is 2. The molecule has 2 aromatic carbocycles. The Balaban J connectivity index is 1.93. The molecule has 7 heteroatoms. The number of phenols is 1. The summed E-state index contributed by atoms with van der Waals surface area (Å²) in [5.74, 6) is 0.486. The molecule has 0 aliphatic carbocycles. The first-order valence-electron chi connectivity index (χ1n) is 8.40. The Morgan fingerprint density at radius 2 is 1.73 bits per heavy atom. The normalized spacial score (nSPS) is 11.5. The Morgan fingerprint density at radius 3 is 2.46 bits per heavy atom. The van der Waals surface area contributed by atoms with Crippen molar-refractivity contribution < 1.29 is 20.1 Å². The van der Waals surface area contributed by atoms with Crippen molar-refractivity contribution in [2.24, 2.45) is 0 Å². The number of nitrogens with zero attached hydrogens (tertiary/aromatic N) is 1. The molecule has 138 valence electrons. The van der Waals surface area contributed by atoms with Crippen molar-refractivity contribution in [1.29, 1.82) is 0 Å². The highest BCUT2D eigenvalue weighted by Gasteiger charge is 2.14. The fraction of sp³-hybridized carbons (Fsp3) is 0.316. The van der Waals surface area contributed by atoms with Crippen LogP contribution >= 0.6 is 11.3 Å². The van der Waals surface area contributed by atoms with Crippen LogP contribution in [0.4, 0.5) is 0 Å². The molecular weight excluding hydrogens is 354 g/mol. The minimum atomic E-state index is -0.164. The van der Waals surface area contributed by atoms with Gasteiger partial charge in [0.05, 0.1) is 23.3 Å². The van der Waals surface area contributed by atoms with Crippen molar-refractivity contribution in [3.8, 4) is 11.5 Å². The van der Waals surface area contributed by atoms with Gasteiger partial charge < -0.3 is 20.1 Å². The number of phenolic OH excluding ortho intramolecular Hbond substituents is 1. The highest BCUT2D eigenvalue weighted by Crippen LogP contribution is 2.36. The second-order valence-electron chi connectivity index (χ2n) is 5.85. The largest absolute Gasteiger partial charge is 0.506 e. The predicted octanol–water partition coefficient (Wildman–Crippen LogP) is 1.79. The van der Waals surface area contributed by atoms with Gasteiger partial charge in [0, 0.05) is 29.7 Å². The molecule has 0 aliphatic rings. The summed E-state index contributed by atoms with van der Waals surface area (Å²) in [5.41, 5.74) is -0.164. The molecule has 0 fully saturated rings. The Labute approximate surface area is 154 Å². The van der Waals surface area contributed by atoms with E-state index >= 15 is 0 Å². The van der Waals surface area contributed by atoms with Gasteiger partial charge in [0.2, 0.25) is 0 Å². The van der Waals surface area contributed by atoms with E-state index in [0.29, 0.717) is 47.5 Å². The van der Waals surface area contributed by atoms with E-state index in [1.807, 2.05) is 23.1 Å². The molecule has 1 heterocycles. The van der Waals surface area contributed by atoms with Gasteiger partial charge >= 0.3 is 0 Å². The van der Waals surface area contributed by atoms with Crippen LogP contribution < -0.4 is 10.2 Å². The lowest BCUT2D eigenvalue weighted by Gasteiger charge is -2.20. The monoisotopic (exact) mass is 375 g/mol. The lowest BCUT2D eigenvalue weighted by Crippen LogP contribution is -2.33. The molecular formula is C19H21NO5S. The van der Waals surface area contributed by atoms with Crippen molar-refractivity contribution in [3.05, 3.63) is 46.6 Å². The summed E-state index contributed by atoms with van der Waals surface area (Å²) in [6.07, 6.45) is 0. The molecule has 1 aromatic heterocycles. The van der Waals surface area contributed by atoms with Crippen LogP contribution in [0.25, 0.3) is 20.2 Å². The molecule has 0 bridgehead atoms. The van der Waals surface area contributed by atoms with E-state index in [1.165, 1.54) is 17.4 Å². The average Bonchev–Trinajstić information content (AvgIpc) is 2.64. The highest BCUT2D eigenvalue weighted by molar-refractivity contribution is 7.24. The maximum atomic E-state index is 12.9. The molecule has 0 saturated heterocycles. The van der Waals surface area contributed by atoms with E-state index in [1.54, 1.807) is 12.1 Å². The summed E-state index contributed by atoms with van der Waals surface area (Å²) in [6, 6.07) is 10.4. The molecule has 0 spiro atoms. The second kappa shape index (κ2) is 8.46. The van der Waals surface area contributed by atoms with Gasteiger partial charge in [-0.15, -0.1) is 11.3 Å². The van der Waals surface area contributed by atoms with Gasteiger partial charge in [-0.3, -0.25) is 9.69 Å². The van der Waals surface area contributed by atoms with E-state index < -0.39 is 0 Å². The third-order valence-electron chi connectivity index (χ3n) is 4.17. The number of fused-ring (bicyclic) bond motifs is 2. The van der Waals surface area contributed by atoms with Crippen LogP contribution in [0, 0.1) is 0 Å². The number of hydrogen-bond acceptors (Lipinski definition) is 7. The van der Waals surface area contributed by atoms with Crippen LogP contribution in [-0.4, -0.2) is 59.7 Å². The Hall–Kier alpha value is -2.19. The fourth-order valence-corrected chi connectivity index (χ4v) is 3.99. The van der Waals surface area contributed by atoms with Crippen molar-refractivity contribution in [2.45, 2.75) is 0 Å². The number of aromatic hydroxyl groups is 1. The third kappa shape index (κ3) is 3.81. The first kappa shape index (κ1) is 18.6. The van der Waals surface area contributed by atoms with Crippen LogP contribution in [0.15, 0.2) is 41.2 Å². The molecule has 3 N–H and O–H groups in total. The molecule has 6 nitrogen and oxygen atoms in total. The van der Waals surface area contributed by atoms with E-state index in [-0.39, 0.29) is 24.4 Å². The van der Waals surface area contributed by atoms with E-state index in [2.05, 4.69) is 0 Å². The minimum absolute atomic E-state index is 0.000513. The molecule has 3 aromatic rings. The lowest BCUT2D eigenvalue weighted by molar-refractivity contribution is 0.142. The van der Waals surface area contributed by atoms with E-state index in [9.17, 15) is 9.90 Å². The summed E-state index contributed by atoms with van der Waals surface area (Å²) in [7, 11) is 0. The van der Waals surface area contributed by atoms with Gasteiger partial charge in [-0.25, -0.2) is 0 Å². The average molecular weight is 375 g/mol. The predicted molar refractivity (Wildman–Crippen MR) is 103 cm³/mol. The number of rotatable bonds is 8. The number of hydrogen-bond donors (Lipinski definition) is 3. The lowest BCUT2D eigenvalue weighted by atomic mass is 10.1. The summed E-state index contributed by atoms with van der Waals surface area (Å²) in [4.78, 5) is 14.8. The van der Waals surface area contributed by atoms with Gasteiger partial charge in [-0.1, -0.05) is 12.1 Å². The van der Waals surface area contributed by atoms with Crippen LogP contribution in [-0.2, 0) is 0 Å². The maximum absolute atomic E-state index is 12.9. The molecule has 0 unspecified atom stereocenters. The van der Waals surface area contributed by atoms with E-state index in [0.717, 1.165) is 4.70 Å². The smallest absolute Gasteiger partial charge is 0.199 e. The molecule has 0 saturated carbocycles. The molecule has 0 aliphatic heterocycles. The number of ether oxygens (including phenoxy) is 1. The maximum Gasteiger partial charge on any atom is 0.199 e. The fourth-order valence-electron chi connectivity index (χ4n) is 2.88. The molecule has 0 radical (unpaired) electrons. The molecule has 26 heavy (non-hydrogen) atoms. The van der Waals surface area contributed by atoms with Gasteiger partial charge in [0.25, 0.3) is 0 Å². The van der Waals surface area contributed by atoms with Crippen molar-refractivity contribution in [1.82, 2.24) is 4.90 Å². The summed E-state index contributed by atoms with van der Waals surface area (Å²) in [5, 5.41) is 29.3.